The molecule has 1 aliphatic rings. The van der Waals surface area contributed by atoms with E-state index in [1.54, 1.807) is 54.6 Å². The predicted octanol–water partition coefficient (Wildman–Crippen LogP) is 4.41. The van der Waals surface area contributed by atoms with E-state index in [0.717, 1.165) is 4.90 Å². The molecule has 2 heterocycles. The van der Waals surface area contributed by atoms with Gasteiger partial charge in [0.05, 0.1) is 11.6 Å². The Morgan fingerprint density at radius 3 is 2.47 bits per heavy atom. The molecule has 2 aromatic carbocycles. The lowest BCUT2D eigenvalue weighted by Crippen LogP contribution is -2.30. The summed E-state index contributed by atoms with van der Waals surface area (Å²) < 4.78 is 20.2. The van der Waals surface area contributed by atoms with Crippen molar-refractivity contribution in [1.82, 2.24) is 4.98 Å². The summed E-state index contributed by atoms with van der Waals surface area (Å²) in [4.78, 5) is 31.2. The van der Waals surface area contributed by atoms with Gasteiger partial charge in [0.2, 0.25) is 0 Å². The van der Waals surface area contributed by atoms with E-state index < -0.39 is 29.3 Å². The van der Waals surface area contributed by atoms with E-state index in [-0.39, 0.29) is 22.5 Å². The topological polar surface area (TPSA) is 79.7 Å². The van der Waals surface area contributed by atoms with E-state index in [1.165, 1.54) is 24.4 Å². The Balaban J connectivity index is 1.87. The van der Waals surface area contributed by atoms with E-state index in [1.807, 2.05) is 0 Å². The number of ether oxygens (including phenoxy) is 1. The molecule has 0 saturated carbocycles. The van der Waals surface area contributed by atoms with E-state index in [9.17, 15) is 19.1 Å². The first-order valence-electron chi connectivity index (χ1n) is 9.83. The third kappa shape index (κ3) is 3.76. The number of ketones is 1. The van der Waals surface area contributed by atoms with Crippen molar-refractivity contribution in [3.05, 3.63) is 108 Å². The maximum atomic E-state index is 14.8. The molecule has 1 aromatic heterocycles. The number of carbonyl (C=O) groups excluding carboxylic acids is 2. The fraction of sp³-hybridized carbons (Fsp3) is 0.0800. The minimum absolute atomic E-state index is 0.0739. The first-order chi connectivity index (χ1) is 15.5. The number of anilines is 1. The summed E-state index contributed by atoms with van der Waals surface area (Å²) in [5, 5.41) is 11.0. The average molecular weight is 430 g/mol. The molecule has 0 spiro atoms. The van der Waals surface area contributed by atoms with Gasteiger partial charge < -0.3 is 9.84 Å². The van der Waals surface area contributed by atoms with Gasteiger partial charge in [0.25, 0.3) is 5.78 Å². The van der Waals surface area contributed by atoms with Gasteiger partial charge in [-0.2, -0.15) is 0 Å². The van der Waals surface area contributed by atoms with Crippen molar-refractivity contribution >= 4 is 23.3 Å². The van der Waals surface area contributed by atoms with E-state index in [4.69, 9.17) is 4.74 Å². The highest BCUT2D eigenvalue weighted by Gasteiger charge is 2.48. The quantitative estimate of drug-likeness (QED) is 0.271. The minimum atomic E-state index is -1.18. The van der Waals surface area contributed by atoms with Gasteiger partial charge in [-0.1, -0.05) is 36.9 Å². The number of aliphatic hydroxyl groups is 1. The highest BCUT2D eigenvalue weighted by atomic mass is 19.1. The third-order valence-corrected chi connectivity index (χ3v) is 5.04. The molecule has 32 heavy (non-hydrogen) atoms. The van der Waals surface area contributed by atoms with E-state index in [0.29, 0.717) is 12.4 Å². The molecule has 0 aliphatic carbocycles. The van der Waals surface area contributed by atoms with Gasteiger partial charge in [-0.3, -0.25) is 14.5 Å². The van der Waals surface area contributed by atoms with Crippen LogP contribution in [0.5, 0.6) is 5.75 Å². The van der Waals surface area contributed by atoms with Gasteiger partial charge in [-0.25, -0.2) is 9.37 Å². The second-order valence-corrected chi connectivity index (χ2v) is 7.00. The number of aromatic nitrogens is 1. The van der Waals surface area contributed by atoms with Gasteiger partial charge in [0.15, 0.2) is 0 Å². The summed E-state index contributed by atoms with van der Waals surface area (Å²) in [6.45, 7) is 3.90. The monoisotopic (exact) mass is 430 g/mol. The van der Waals surface area contributed by atoms with Crippen molar-refractivity contribution in [1.29, 1.82) is 0 Å². The SMILES string of the molecule is C=CCOc1ccc(/C(O)=C2\C(=O)C(=O)N(c3ccccn3)[C@H]2c2ccccc2F)cc1. The minimum Gasteiger partial charge on any atom is -0.507 e. The van der Waals surface area contributed by atoms with Gasteiger partial charge in [0.1, 0.15) is 29.8 Å². The lowest BCUT2D eigenvalue weighted by molar-refractivity contribution is -0.132. The molecule has 1 fully saturated rings. The molecule has 0 radical (unpaired) electrons. The van der Waals surface area contributed by atoms with Gasteiger partial charge in [0, 0.05) is 17.3 Å². The molecule has 1 N–H and O–H groups in total. The summed E-state index contributed by atoms with van der Waals surface area (Å²) in [6, 6.07) is 15.8. The van der Waals surface area contributed by atoms with Crippen LogP contribution in [0.1, 0.15) is 17.2 Å². The maximum Gasteiger partial charge on any atom is 0.301 e. The molecule has 3 aromatic rings. The first-order valence-corrected chi connectivity index (χ1v) is 9.83. The summed E-state index contributed by atoms with van der Waals surface area (Å²) in [5.74, 6) is -2.13. The molecule has 1 saturated heterocycles. The molecule has 0 unspecified atom stereocenters. The smallest absolute Gasteiger partial charge is 0.301 e. The zero-order valence-corrected chi connectivity index (χ0v) is 16.9. The summed E-state index contributed by atoms with van der Waals surface area (Å²) in [6.07, 6.45) is 3.07. The Labute approximate surface area is 183 Å². The van der Waals surface area contributed by atoms with Crippen LogP contribution in [0, 0.1) is 5.82 Å². The number of hydrogen-bond donors (Lipinski definition) is 1. The predicted molar refractivity (Wildman–Crippen MR) is 118 cm³/mol. The Morgan fingerprint density at radius 2 is 1.81 bits per heavy atom. The number of carbonyl (C=O) groups is 2. The number of amides is 1. The van der Waals surface area contributed by atoms with Gasteiger partial charge >= 0.3 is 5.91 Å². The number of pyridine rings is 1. The van der Waals surface area contributed by atoms with Crippen LogP contribution in [0.2, 0.25) is 0 Å². The largest absolute Gasteiger partial charge is 0.507 e. The zero-order chi connectivity index (χ0) is 22.7. The lowest BCUT2D eigenvalue weighted by atomic mass is 9.95. The van der Waals surface area contributed by atoms with Crippen molar-refractivity contribution in [2.45, 2.75) is 6.04 Å². The molecular weight excluding hydrogens is 411 g/mol. The average Bonchev–Trinajstić information content (AvgIpc) is 3.08. The number of hydrogen-bond acceptors (Lipinski definition) is 5. The molecule has 1 atom stereocenters. The first kappa shape index (κ1) is 21.0. The summed E-state index contributed by atoms with van der Waals surface area (Å²) in [5.41, 5.74) is 0.145. The molecule has 7 heteroatoms. The highest BCUT2D eigenvalue weighted by molar-refractivity contribution is 6.51. The van der Waals surface area contributed by atoms with Crippen molar-refractivity contribution < 1.29 is 23.8 Å². The molecule has 4 rings (SSSR count). The van der Waals surface area contributed by atoms with Crippen molar-refractivity contribution in [3.63, 3.8) is 0 Å². The zero-order valence-electron chi connectivity index (χ0n) is 16.9. The van der Waals surface area contributed by atoms with Crippen LogP contribution in [0.15, 0.2) is 91.2 Å². The fourth-order valence-electron chi connectivity index (χ4n) is 3.58. The highest BCUT2D eigenvalue weighted by Crippen LogP contribution is 2.42. The number of nitrogens with zero attached hydrogens (tertiary/aromatic N) is 2. The van der Waals surface area contributed by atoms with E-state index in [2.05, 4.69) is 11.6 Å². The number of benzene rings is 2. The molecule has 6 nitrogen and oxygen atoms in total. The Bertz CT molecular complexity index is 1210. The van der Waals surface area contributed by atoms with Gasteiger partial charge in [-0.05, 0) is 42.5 Å². The maximum absolute atomic E-state index is 14.8. The number of aliphatic hydroxyl groups excluding tert-OH is 1. The standard InChI is InChI=1S/C25H19FN2O4/c1-2-15-32-17-12-10-16(11-13-17)23(29)21-22(18-7-3-4-8-19(18)26)28(25(31)24(21)30)20-9-5-6-14-27-20/h2-14,22,29H,1,15H2/b23-21+/t22-/m0/s1. The molecular formula is C25H19FN2O4. The number of Topliss-reactive ketones (excluding diaryl/α,β-unsaturated/α-hetero) is 1. The molecule has 1 amide bonds. The van der Waals surface area contributed by atoms with Crippen molar-refractivity contribution in [3.8, 4) is 5.75 Å². The second-order valence-electron chi connectivity index (χ2n) is 7.00. The van der Waals surface area contributed by atoms with Crippen LogP contribution < -0.4 is 9.64 Å². The number of halogens is 1. The Kier molecular flexibility index (Phi) is 5.81. The molecule has 1 aliphatic heterocycles. The van der Waals surface area contributed by atoms with Crippen LogP contribution in [-0.4, -0.2) is 28.4 Å². The van der Waals surface area contributed by atoms with Crippen molar-refractivity contribution in [2.24, 2.45) is 0 Å². The third-order valence-electron chi connectivity index (χ3n) is 5.04. The second kappa shape index (κ2) is 8.85. The van der Waals surface area contributed by atoms with Gasteiger partial charge in [-0.15, -0.1) is 0 Å². The van der Waals surface area contributed by atoms with Crippen LogP contribution in [0.25, 0.3) is 5.76 Å². The van der Waals surface area contributed by atoms with Crippen LogP contribution in [-0.2, 0) is 9.59 Å². The van der Waals surface area contributed by atoms with Crippen LogP contribution >= 0.6 is 0 Å². The van der Waals surface area contributed by atoms with Crippen molar-refractivity contribution in [2.75, 3.05) is 11.5 Å². The van der Waals surface area contributed by atoms with Crippen LogP contribution in [0.3, 0.4) is 0 Å². The summed E-state index contributed by atoms with van der Waals surface area (Å²) in [7, 11) is 0. The van der Waals surface area contributed by atoms with E-state index >= 15 is 0 Å². The summed E-state index contributed by atoms with van der Waals surface area (Å²) >= 11 is 0. The number of rotatable bonds is 6. The Hall–Kier alpha value is -4.26. The van der Waals surface area contributed by atoms with Crippen LogP contribution in [0.4, 0.5) is 10.2 Å². The Morgan fingerprint density at radius 1 is 1.09 bits per heavy atom. The molecule has 0 bridgehead atoms. The normalized spacial score (nSPS) is 17.4. The lowest BCUT2D eigenvalue weighted by Gasteiger charge is -2.24. The molecule has 160 valence electrons. The fourth-order valence-corrected chi connectivity index (χ4v) is 3.58.